The van der Waals surface area contributed by atoms with Gasteiger partial charge in [0.25, 0.3) is 0 Å². The summed E-state index contributed by atoms with van der Waals surface area (Å²) in [7, 11) is 1.27. The molecule has 0 bridgehead atoms. The Hall–Kier alpha value is -1.67. The summed E-state index contributed by atoms with van der Waals surface area (Å²) in [5.74, 6) is -1.13. The fourth-order valence-electron chi connectivity index (χ4n) is 1.01. The summed E-state index contributed by atoms with van der Waals surface area (Å²) in [6, 6.07) is -0.511. The van der Waals surface area contributed by atoms with E-state index in [0.29, 0.717) is 5.13 Å². The SMILES string of the molecule is COC(CNC(=O)Nc1ncc(C)s1)C(=O)O. The van der Waals surface area contributed by atoms with Gasteiger partial charge in [-0.15, -0.1) is 11.3 Å². The van der Waals surface area contributed by atoms with E-state index < -0.39 is 18.1 Å². The molecule has 1 heterocycles. The number of carbonyl (C=O) groups is 2. The van der Waals surface area contributed by atoms with Gasteiger partial charge in [0.2, 0.25) is 0 Å². The number of hydrogen-bond donors (Lipinski definition) is 3. The molecule has 8 heteroatoms. The van der Waals surface area contributed by atoms with Crippen molar-refractivity contribution in [2.24, 2.45) is 0 Å². The number of aryl methyl sites for hydroxylation is 1. The van der Waals surface area contributed by atoms with E-state index in [4.69, 9.17) is 5.11 Å². The molecule has 94 valence electrons. The maximum atomic E-state index is 11.4. The minimum atomic E-state index is -1.13. The number of amides is 2. The lowest BCUT2D eigenvalue weighted by atomic mass is 10.3. The molecule has 0 radical (unpaired) electrons. The maximum absolute atomic E-state index is 11.4. The molecule has 3 N–H and O–H groups in total. The minimum Gasteiger partial charge on any atom is -0.479 e. The van der Waals surface area contributed by atoms with E-state index >= 15 is 0 Å². The monoisotopic (exact) mass is 259 g/mol. The molecule has 1 atom stereocenters. The van der Waals surface area contributed by atoms with Crippen LogP contribution in [0.4, 0.5) is 9.93 Å². The molecule has 0 aromatic carbocycles. The molecule has 0 saturated carbocycles. The Morgan fingerprint density at radius 2 is 2.35 bits per heavy atom. The van der Waals surface area contributed by atoms with Crippen LogP contribution in [0.15, 0.2) is 6.20 Å². The summed E-state index contributed by atoms with van der Waals surface area (Å²) in [6.45, 7) is 1.76. The average molecular weight is 259 g/mol. The van der Waals surface area contributed by atoms with Gasteiger partial charge in [-0.1, -0.05) is 0 Å². The van der Waals surface area contributed by atoms with Crippen molar-refractivity contribution in [2.75, 3.05) is 19.0 Å². The van der Waals surface area contributed by atoms with E-state index in [1.54, 1.807) is 6.20 Å². The number of aromatic nitrogens is 1. The second-order valence-corrected chi connectivity index (χ2v) is 4.41. The number of rotatable bonds is 5. The summed E-state index contributed by atoms with van der Waals surface area (Å²) < 4.78 is 4.66. The van der Waals surface area contributed by atoms with E-state index in [-0.39, 0.29) is 6.54 Å². The van der Waals surface area contributed by atoms with Crippen LogP contribution in [0.1, 0.15) is 4.88 Å². The average Bonchev–Trinajstić information content (AvgIpc) is 2.64. The molecule has 1 aromatic heterocycles. The number of aliphatic carboxylic acids is 1. The Morgan fingerprint density at radius 1 is 1.65 bits per heavy atom. The second kappa shape index (κ2) is 6.16. The molecule has 0 fully saturated rings. The van der Waals surface area contributed by atoms with Crippen LogP contribution in [0.2, 0.25) is 0 Å². The van der Waals surface area contributed by atoms with Crippen molar-refractivity contribution >= 4 is 28.5 Å². The lowest BCUT2D eigenvalue weighted by Gasteiger charge is -2.11. The third-order valence-electron chi connectivity index (χ3n) is 1.85. The number of nitrogens with one attached hydrogen (secondary N) is 2. The first-order valence-electron chi connectivity index (χ1n) is 4.76. The molecule has 2 amide bonds. The van der Waals surface area contributed by atoms with Gasteiger partial charge in [-0.2, -0.15) is 0 Å². The van der Waals surface area contributed by atoms with Crippen LogP contribution in [0, 0.1) is 6.92 Å². The zero-order chi connectivity index (χ0) is 12.8. The van der Waals surface area contributed by atoms with Gasteiger partial charge in [0.05, 0.1) is 6.54 Å². The van der Waals surface area contributed by atoms with Gasteiger partial charge in [0, 0.05) is 18.2 Å². The Bertz CT molecular complexity index is 407. The predicted octanol–water partition coefficient (Wildman–Crippen LogP) is 0.673. The summed E-state index contributed by atoms with van der Waals surface area (Å²) in [5.41, 5.74) is 0. The maximum Gasteiger partial charge on any atom is 0.334 e. The highest BCUT2D eigenvalue weighted by atomic mass is 32.1. The first-order chi connectivity index (χ1) is 8.02. The third-order valence-corrected chi connectivity index (χ3v) is 2.68. The third kappa shape index (κ3) is 4.37. The Morgan fingerprint density at radius 3 is 2.82 bits per heavy atom. The first-order valence-corrected chi connectivity index (χ1v) is 5.57. The van der Waals surface area contributed by atoms with E-state index in [2.05, 4.69) is 20.4 Å². The zero-order valence-corrected chi connectivity index (χ0v) is 10.2. The van der Waals surface area contributed by atoms with Crippen LogP contribution in [0.3, 0.4) is 0 Å². The minimum absolute atomic E-state index is 0.109. The summed E-state index contributed by atoms with van der Waals surface area (Å²) in [4.78, 5) is 26.9. The fraction of sp³-hybridized carbons (Fsp3) is 0.444. The highest BCUT2D eigenvalue weighted by molar-refractivity contribution is 7.15. The molecular formula is C9H13N3O4S. The molecule has 7 nitrogen and oxygen atoms in total. The first kappa shape index (κ1) is 13.4. The van der Waals surface area contributed by atoms with Gasteiger partial charge in [0.1, 0.15) is 0 Å². The van der Waals surface area contributed by atoms with Crippen molar-refractivity contribution in [2.45, 2.75) is 13.0 Å². The van der Waals surface area contributed by atoms with Crippen LogP contribution in [0.5, 0.6) is 0 Å². The number of anilines is 1. The normalized spacial score (nSPS) is 11.9. The van der Waals surface area contributed by atoms with Gasteiger partial charge in [-0.05, 0) is 6.92 Å². The number of hydrogen-bond acceptors (Lipinski definition) is 5. The molecule has 0 aliphatic rings. The highest BCUT2D eigenvalue weighted by Gasteiger charge is 2.17. The molecule has 1 unspecified atom stereocenters. The van der Waals surface area contributed by atoms with Gasteiger partial charge in [-0.3, -0.25) is 5.32 Å². The van der Waals surface area contributed by atoms with E-state index in [1.807, 2.05) is 6.92 Å². The van der Waals surface area contributed by atoms with Crippen LogP contribution >= 0.6 is 11.3 Å². The van der Waals surface area contributed by atoms with Gasteiger partial charge < -0.3 is 15.2 Å². The van der Waals surface area contributed by atoms with Crippen molar-refractivity contribution in [3.05, 3.63) is 11.1 Å². The van der Waals surface area contributed by atoms with Crippen LogP contribution in [-0.2, 0) is 9.53 Å². The molecule has 0 saturated heterocycles. The number of urea groups is 1. The standard InChI is InChI=1S/C9H13N3O4S/c1-5-3-11-9(17-5)12-8(15)10-4-6(16-2)7(13)14/h3,6H,4H2,1-2H3,(H,13,14)(H2,10,11,12,15). The van der Waals surface area contributed by atoms with Crippen molar-refractivity contribution in [1.29, 1.82) is 0 Å². The Labute approximate surface area is 102 Å². The molecule has 1 aromatic rings. The molecular weight excluding hydrogens is 246 g/mol. The van der Waals surface area contributed by atoms with Crippen LogP contribution in [-0.4, -0.2) is 41.8 Å². The van der Waals surface area contributed by atoms with Crippen molar-refractivity contribution in [3.8, 4) is 0 Å². The Balaban J connectivity index is 2.37. The molecule has 0 aliphatic heterocycles. The fourth-order valence-corrected chi connectivity index (χ4v) is 1.67. The lowest BCUT2D eigenvalue weighted by Crippen LogP contribution is -2.39. The number of thiazole rings is 1. The topological polar surface area (TPSA) is 101 Å². The summed E-state index contributed by atoms with van der Waals surface area (Å²) >= 11 is 1.33. The van der Waals surface area contributed by atoms with Crippen molar-refractivity contribution in [3.63, 3.8) is 0 Å². The van der Waals surface area contributed by atoms with Crippen LogP contribution < -0.4 is 10.6 Å². The second-order valence-electron chi connectivity index (χ2n) is 3.17. The lowest BCUT2D eigenvalue weighted by molar-refractivity contribution is -0.147. The number of carbonyl (C=O) groups excluding carboxylic acids is 1. The Kier molecular flexibility index (Phi) is 4.85. The number of methoxy groups -OCH3 is 1. The van der Waals surface area contributed by atoms with Crippen molar-refractivity contribution < 1.29 is 19.4 Å². The number of ether oxygens (including phenoxy) is 1. The summed E-state index contributed by atoms with van der Waals surface area (Å²) in [5, 5.41) is 14.0. The number of carboxylic acid groups (broad SMARTS) is 1. The molecule has 17 heavy (non-hydrogen) atoms. The van der Waals surface area contributed by atoms with Gasteiger partial charge >= 0.3 is 12.0 Å². The molecule has 0 aliphatic carbocycles. The van der Waals surface area contributed by atoms with Gasteiger partial charge in [-0.25, -0.2) is 14.6 Å². The zero-order valence-electron chi connectivity index (χ0n) is 9.39. The number of carboxylic acids is 1. The van der Waals surface area contributed by atoms with Crippen LogP contribution in [0.25, 0.3) is 0 Å². The van der Waals surface area contributed by atoms with E-state index in [9.17, 15) is 9.59 Å². The van der Waals surface area contributed by atoms with Gasteiger partial charge in [0.15, 0.2) is 11.2 Å². The van der Waals surface area contributed by atoms with E-state index in [1.165, 1.54) is 18.4 Å². The highest BCUT2D eigenvalue weighted by Crippen LogP contribution is 2.15. The number of nitrogens with zero attached hydrogens (tertiary/aromatic N) is 1. The molecule has 0 spiro atoms. The van der Waals surface area contributed by atoms with Crippen molar-refractivity contribution in [1.82, 2.24) is 10.3 Å². The quantitative estimate of drug-likeness (QED) is 0.721. The molecule has 1 rings (SSSR count). The predicted molar refractivity (Wildman–Crippen MR) is 62.3 cm³/mol. The van der Waals surface area contributed by atoms with E-state index in [0.717, 1.165) is 4.88 Å². The largest absolute Gasteiger partial charge is 0.479 e. The summed E-state index contributed by atoms with van der Waals surface area (Å²) in [6.07, 6.45) is 0.578. The smallest absolute Gasteiger partial charge is 0.334 e.